The van der Waals surface area contributed by atoms with E-state index < -0.39 is 19.0 Å². The lowest BCUT2D eigenvalue weighted by molar-refractivity contribution is -0.235. The van der Waals surface area contributed by atoms with Crippen molar-refractivity contribution in [2.45, 2.75) is 25.0 Å². The van der Waals surface area contributed by atoms with Crippen molar-refractivity contribution in [2.75, 3.05) is 19.8 Å². The maximum Gasteiger partial charge on any atom is 0.191 e. The average Bonchev–Trinajstić information content (AvgIpc) is 2.94. The molecule has 2 heterocycles. The molecule has 6 nitrogen and oxygen atoms in total. The van der Waals surface area contributed by atoms with Gasteiger partial charge in [-0.05, 0) is 0 Å². The van der Waals surface area contributed by atoms with Crippen molar-refractivity contribution >= 4 is 0 Å². The summed E-state index contributed by atoms with van der Waals surface area (Å²) in [4.78, 5) is 0. The molecule has 2 saturated heterocycles. The number of ether oxygens (including phenoxy) is 4. The first-order chi connectivity index (χ1) is 6.29. The van der Waals surface area contributed by atoms with Gasteiger partial charge in [-0.2, -0.15) is 0 Å². The molecule has 0 aromatic heterocycles. The lowest BCUT2D eigenvalue weighted by Gasteiger charge is -2.19. The molecule has 0 saturated carbocycles. The first-order valence-electron chi connectivity index (χ1n) is 4.12. The van der Waals surface area contributed by atoms with Crippen LogP contribution in [-0.4, -0.2) is 55.0 Å². The van der Waals surface area contributed by atoms with E-state index in [1.54, 1.807) is 0 Å². The number of hydrogen-bond acceptors (Lipinski definition) is 6. The molecule has 6 heteroatoms. The van der Waals surface area contributed by atoms with Crippen molar-refractivity contribution < 1.29 is 29.2 Å². The van der Waals surface area contributed by atoms with E-state index in [2.05, 4.69) is 0 Å². The summed E-state index contributed by atoms with van der Waals surface area (Å²) in [6.07, 6.45) is -2.56. The van der Waals surface area contributed by atoms with Crippen LogP contribution in [0.3, 0.4) is 0 Å². The van der Waals surface area contributed by atoms with E-state index in [-0.39, 0.29) is 12.6 Å². The van der Waals surface area contributed by atoms with Crippen LogP contribution in [0.15, 0.2) is 0 Å². The normalized spacial score (nSPS) is 35.5. The van der Waals surface area contributed by atoms with Gasteiger partial charge in [-0.15, -0.1) is 0 Å². The quantitative estimate of drug-likeness (QED) is 0.390. The maximum atomic E-state index is 9.26. The van der Waals surface area contributed by atoms with Gasteiger partial charge in [-0.25, -0.2) is 0 Å². The smallest absolute Gasteiger partial charge is 0.191 e. The van der Waals surface area contributed by atoms with Gasteiger partial charge >= 0.3 is 0 Å². The van der Waals surface area contributed by atoms with Crippen LogP contribution in [-0.2, 0) is 18.9 Å². The minimum Gasteiger partial charge on any atom is -0.393 e. The molecule has 13 heavy (non-hydrogen) atoms. The number of hydrogen-bond donors (Lipinski definition) is 2. The van der Waals surface area contributed by atoms with Crippen LogP contribution in [0.25, 0.3) is 0 Å². The minimum atomic E-state index is -1.06. The molecular weight excluding hydrogens is 180 g/mol. The molecule has 0 bridgehead atoms. The first-order valence-corrected chi connectivity index (χ1v) is 4.12. The molecule has 2 fully saturated rings. The predicted molar refractivity (Wildman–Crippen MR) is 38.5 cm³/mol. The van der Waals surface area contributed by atoms with E-state index in [1.807, 2.05) is 0 Å². The van der Waals surface area contributed by atoms with Crippen molar-refractivity contribution in [1.29, 1.82) is 0 Å². The Morgan fingerprint density at radius 3 is 2.00 bits per heavy atom. The minimum absolute atomic E-state index is 0.315. The van der Waals surface area contributed by atoms with Crippen molar-refractivity contribution in [3.05, 3.63) is 0 Å². The summed E-state index contributed by atoms with van der Waals surface area (Å²) in [6.45, 7) is 0.594. The molecule has 0 spiro atoms. The number of aliphatic hydroxyl groups is 2. The van der Waals surface area contributed by atoms with Gasteiger partial charge in [0.2, 0.25) is 0 Å². The van der Waals surface area contributed by atoms with Crippen molar-refractivity contribution in [3.63, 3.8) is 0 Å². The highest BCUT2D eigenvalue weighted by Crippen LogP contribution is 2.20. The highest BCUT2D eigenvalue weighted by atomic mass is 16.9. The summed E-state index contributed by atoms with van der Waals surface area (Å²) in [5.74, 6) is 0. The van der Waals surface area contributed by atoms with E-state index in [9.17, 15) is 5.11 Å². The summed E-state index contributed by atoms with van der Waals surface area (Å²) in [5.41, 5.74) is 0. The molecule has 0 amide bonds. The number of aliphatic hydroxyl groups excluding tert-OH is 2. The highest BCUT2D eigenvalue weighted by Gasteiger charge is 2.36. The lowest BCUT2D eigenvalue weighted by Crippen LogP contribution is -2.36. The Hall–Kier alpha value is -0.240. The first kappa shape index (κ1) is 9.32. The largest absolute Gasteiger partial charge is 0.393 e. The highest BCUT2D eigenvalue weighted by molar-refractivity contribution is 4.67. The molecule has 76 valence electrons. The van der Waals surface area contributed by atoms with Crippen LogP contribution in [0.1, 0.15) is 0 Å². The Labute approximate surface area is 75.0 Å². The molecule has 0 aromatic carbocycles. The molecule has 0 radical (unpaired) electrons. The summed E-state index contributed by atoms with van der Waals surface area (Å²) >= 11 is 0. The Bertz CT molecular complexity index is 152. The fourth-order valence-electron chi connectivity index (χ4n) is 0.834. The molecule has 2 aliphatic heterocycles. The van der Waals surface area contributed by atoms with Crippen LogP contribution in [0, 0.1) is 0 Å². The summed E-state index contributed by atoms with van der Waals surface area (Å²) in [6, 6.07) is 0. The summed E-state index contributed by atoms with van der Waals surface area (Å²) in [5, 5.41) is 17.9. The van der Waals surface area contributed by atoms with Crippen LogP contribution in [0.5, 0.6) is 0 Å². The lowest BCUT2D eigenvalue weighted by atomic mass is 10.4. The number of epoxide rings is 2. The number of rotatable bonds is 6. The van der Waals surface area contributed by atoms with E-state index in [0.29, 0.717) is 13.2 Å². The van der Waals surface area contributed by atoms with Crippen molar-refractivity contribution in [1.82, 2.24) is 0 Å². The molecule has 0 aliphatic carbocycles. The third-order valence-electron chi connectivity index (χ3n) is 1.68. The van der Waals surface area contributed by atoms with Gasteiger partial charge in [0, 0.05) is 0 Å². The van der Waals surface area contributed by atoms with E-state index in [1.165, 1.54) is 0 Å². The van der Waals surface area contributed by atoms with Crippen LogP contribution >= 0.6 is 0 Å². The molecular formula is C7H12O6. The second-order valence-corrected chi connectivity index (χ2v) is 2.92. The van der Waals surface area contributed by atoms with Gasteiger partial charge in [-0.1, -0.05) is 0 Å². The molecule has 2 N–H and O–H groups in total. The average molecular weight is 192 g/mol. The van der Waals surface area contributed by atoms with E-state index in [0.717, 1.165) is 0 Å². The Kier molecular flexibility index (Phi) is 2.77. The molecule has 2 aliphatic rings. The van der Waals surface area contributed by atoms with Gasteiger partial charge in [0.25, 0.3) is 0 Å². The Morgan fingerprint density at radius 1 is 1.23 bits per heavy atom. The SMILES string of the molecule is OCC(O)C(OC1CO1)OC1CO1. The Balaban J connectivity index is 1.76. The fourth-order valence-corrected chi connectivity index (χ4v) is 0.834. The topological polar surface area (TPSA) is 84.0 Å². The molecule has 0 aromatic rings. The van der Waals surface area contributed by atoms with Gasteiger partial charge in [-0.3, -0.25) is 0 Å². The van der Waals surface area contributed by atoms with Crippen LogP contribution in [0.2, 0.25) is 0 Å². The standard InChI is InChI=1S/C7H12O6/c8-1-4(9)7(12-5-2-10-5)13-6-3-11-6/h4-9H,1-3H2. The predicted octanol–water partition coefficient (Wildman–Crippen LogP) is -1.59. The fraction of sp³-hybridized carbons (Fsp3) is 1.00. The van der Waals surface area contributed by atoms with Crippen LogP contribution < -0.4 is 0 Å². The molecule has 3 unspecified atom stereocenters. The van der Waals surface area contributed by atoms with Crippen molar-refractivity contribution in [2.24, 2.45) is 0 Å². The van der Waals surface area contributed by atoms with E-state index >= 15 is 0 Å². The summed E-state index contributed by atoms with van der Waals surface area (Å²) < 4.78 is 19.9. The van der Waals surface area contributed by atoms with Gasteiger partial charge in [0.1, 0.15) is 19.3 Å². The zero-order valence-corrected chi connectivity index (χ0v) is 6.96. The second-order valence-electron chi connectivity index (χ2n) is 2.92. The van der Waals surface area contributed by atoms with Gasteiger partial charge in [0.05, 0.1) is 6.61 Å². The monoisotopic (exact) mass is 192 g/mol. The third kappa shape index (κ3) is 2.87. The second kappa shape index (κ2) is 3.87. The summed E-state index contributed by atoms with van der Waals surface area (Å²) in [7, 11) is 0. The van der Waals surface area contributed by atoms with Gasteiger partial charge < -0.3 is 29.2 Å². The van der Waals surface area contributed by atoms with E-state index in [4.69, 9.17) is 24.1 Å². The molecule has 2 rings (SSSR count). The third-order valence-corrected chi connectivity index (χ3v) is 1.68. The Morgan fingerprint density at radius 2 is 1.69 bits per heavy atom. The van der Waals surface area contributed by atoms with Gasteiger partial charge in [0.15, 0.2) is 18.9 Å². The van der Waals surface area contributed by atoms with Crippen LogP contribution in [0.4, 0.5) is 0 Å². The van der Waals surface area contributed by atoms with Crippen molar-refractivity contribution in [3.8, 4) is 0 Å². The maximum absolute atomic E-state index is 9.26. The zero-order chi connectivity index (χ0) is 9.26. The zero-order valence-electron chi connectivity index (χ0n) is 6.96. The molecule has 3 atom stereocenters.